The molecule has 1 amide bonds. The Kier molecular flexibility index (Phi) is 5.25. The zero-order valence-electron chi connectivity index (χ0n) is 19.2. The lowest BCUT2D eigenvalue weighted by molar-refractivity contribution is -0.122. The number of allylic oxidation sites excluding steroid dienone is 4. The number of nitrogens with zero attached hydrogens (tertiary/aromatic N) is 4. The van der Waals surface area contributed by atoms with Crippen LogP contribution in [0, 0.1) is 5.92 Å². The van der Waals surface area contributed by atoms with E-state index < -0.39 is 0 Å². The highest BCUT2D eigenvalue weighted by Gasteiger charge is 2.27. The lowest BCUT2D eigenvalue weighted by Crippen LogP contribution is -2.53. The van der Waals surface area contributed by atoms with E-state index in [1.54, 1.807) is 4.90 Å². The molecule has 5 rings (SSSR count). The van der Waals surface area contributed by atoms with Crippen molar-refractivity contribution in [1.82, 2.24) is 24.9 Å². The summed E-state index contributed by atoms with van der Waals surface area (Å²) in [6.45, 7) is 8.47. The molecule has 1 N–H and O–H groups in total. The molecule has 3 atom stereocenters. The van der Waals surface area contributed by atoms with Crippen molar-refractivity contribution in [3.63, 3.8) is 0 Å². The first-order valence-corrected chi connectivity index (χ1v) is 11.5. The van der Waals surface area contributed by atoms with Gasteiger partial charge in [-0.1, -0.05) is 19.1 Å². The summed E-state index contributed by atoms with van der Waals surface area (Å²) in [7, 11) is 1.95. The van der Waals surface area contributed by atoms with E-state index in [4.69, 9.17) is 0 Å². The number of hydrogen-bond donors (Lipinski definition) is 1. The molecule has 32 heavy (non-hydrogen) atoms. The number of carbonyl (C=O) groups is 1. The van der Waals surface area contributed by atoms with Gasteiger partial charge in [0.05, 0.1) is 17.4 Å². The summed E-state index contributed by atoms with van der Waals surface area (Å²) in [5.74, 6) is 0.249. The van der Waals surface area contributed by atoms with Crippen LogP contribution < -0.4 is 5.32 Å². The van der Waals surface area contributed by atoms with Gasteiger partial charge in [0.25, 0.3) is 5.91 Å². The maximum atomic E-state index is 13.4. The van der Waals surface area contributed by atoms with Crippen molar-refractivity contribution < 1.29 is 4.79 Å². The number of piperazine rings is 1. The lowest BCUT2D eigenvalue weighted by Gasteiger charge is -2.39. The molecule has 0 aliphatic carbocycles. The van der Waals surface area contributed by atoms with Crippen LogP contribution in [0.1, 0.15) is 32.8 Å². The molecule has 6 heteroatoms. The van der Waals surface area contributed by atoms with Gasteiger partial charge >= 0.3 is 0 Å². The Morgan fingerprint density at radius 3 is 2.59 bits per heavy atom. The van der Waals surface area contributed by atoms with Crippen molar-refractivity contribution in [3.8, 4) is 0 Å². The van der Waals surface area contributed by atoms with E-state index in [1.165, 1.54) is 0 Å². The van der Waals surface area contributed by atoms with Crippen molar-refractivity contribution in [2.45, 2.75) is 39.3 Å². The highest BCUT2D eigenvalue weighted by Crippen LogP contribution is 2.33. The third kappa shape index (κ3) is 3.79. The van der Waals surface area contributed by atoms with Gasteiger partial charge in [-0.2, -0.15) is 5.10 Å². The van der Waals surface area contributed by atoms with Gasteiger partial charge in [0.15, 0.2) is 0 Å². The van der Waals surface area contributed by atoms with Gasteiger partial charge in [-0.25, -0.2) is 0 Å². The maximum Gasteiger partial charge on any atom is 0.255 e. The summed E-state index contributed by atoms with van der Waals surface area (Å²) in [5.41, 5.74) is 5.31. The molecule has 166 valence electrons. The second-order valence-electron chi connectivity index (χ2n) is 9.38. The number of fused-ring (bicyclic) bond motifs is 2. The standard InChI is InChI=1S/C26H31N5O/c1-17-5-7-22-8-9-23(30-14-18(2)28-19(3)15-30)16-31(22)26(32)12-24(17)20-6-10-25-21(11-20)13-27-29(25)4/h6-13,16-19,28H,5,14-15H2,1-4H3. The fourth-order valence-corrected chi connectivity index (χ4v) is 5.06. The molecule has 1 fully saturated rings. The molecule has 1 aromatic heterocycles. The summed E-state index contributed by atoms with van der Waals surface area (Å²) in [5, 5.41) is 9.02. The van der Waals surface area contributed by atoms with E-state index in [9.17, 15) is 4.79 Å². The van der Waals surface area contributed by atoms with Gasteiger partial charge < -0.3 is 10.2 Å². The molecule has 0 saturated carbocycles. The van der Waals surface area contributed by atoms with E-state index in [0.29, 0.717) is 12.1 Å². The number of aromatic nitrogens is 2. The van der Waals surface area contributed by atoms with Gasteiger partial charge in [0.1, 0.15) is 0 Å². The Balaban J connectivity index is 1.47. The minimum Gasteiger partial charge on any atom is -0.367 e. The quantitative estimate of drug-likeness (QED) is 0.789. The summed E-state index contributed by atoms with van der Waals surface area (Å²) >= 11 is 0. The van der Waals surface area contributed by atoms with Gasteiger partial charge in [0.2, 0.25) is 0 Å². The van der Waals surface area contributed by atoms with Gasteiger partial charge in [-0.15, -0.1) is 0 Å². The summed E-state index contributed by atoms with van der Waals surface area (Å²) in [6, 6.07) is 7.17. The summed E-state index contributed by atoms with van der Waals surface area (Å²) in [6.07, 6.45) is 13.0. The van der Waals surface area contributed by atoms with Gasteiger partial charge in [-0.05, 0) is 61.6 Å². The van der Waals surface area contributed by atoms with Crippen molar-refractivity contribution >= 4 is 22.4 Å². The molecule has 0 spiro atoms. The molecule has 1 saturated heterocycles. The van der Waals surface area contributed by atoms with E-state index in [-0.39, 0.29) is 11.8 Å². The number of aryl methyl sites for hydroxylation is 1. The fraction of sp³-hybridized carbons (Fsp3) is 0.385. The Hall–Kier alpha value is -3.12. The average Bonchev–Trinajstić information content (AvgIpc) is 3.14. The molecule has 4 heterocycles. The predicted octanol–water partition coefficient (Wildman–Crippen LogP) is 3.80. The van der Waals surface area contributed by atoms with Crippen LogP contribution in [0.3, 0.4) is 0 Å². The van der Waals surface area contributed by atoms with Crippen LogP contribution in [0.15, 0.2) is 66.3 Å². The van der Waals surface area contributed by atoms with Crippen LogP contribution in [-0.4, -0.2) is 50.7 Å². The van der Waals surface area contributed by atoms with Crippen LogP contribution in [0.25, 0.3) is 16.5 Å². The first-order valence-electron chi connectivity index (χ1n) is 11.5. The molecule has 0 radical (unpaired) electrons. The van der Waals surface area contributed by atoms with Crippen LogP contribution >= 0.6 is 0 Å². The molecule has 3 unspecified atom stereocenters. The summed E-state index contributed by atoms with van der Waals surface area (Å²) < 4.78 is 1.87. The molecular formula is C26H31N5O. The molecule has 0 bridgehead atoms. The Morgan fingerprint density at radius 2 is 1.81 bits per heavy atom. The fourth-order valence-electron chi connectivity index (χ4n) is 5.06. The largest absolute Gasteiger partial charge is 0.367 e. The number of benzene rings is 1. The van der Waals surface area contributed by atoms with Crippen LogP contribution in [0.5, 0.6) is 0 Å². The lowest BCUT2D eigenvalue weighted by atomic mass is 9.89. The Labute approximate surface area is 189 Å². The Bertz CT molecular complexity index is 1170. The highest BCUT2D eigenvalue weighted by molar-refractivity contribution is 5.99. The van der Waals surface area contributed by atoms with Crippen molar-refractivity contribution in [2.24, 2.45) is 13.0 Å². The smallest absolute Gasteiger partial charge is 0.255 e. The third-order valence-corrected chi connectivity index (χ3v) is 6.69. The number of hydrogen-bond acceptors (Lipinski definition) is 4. The van der Waals surface area contributed by atoms with E-state index >= 15 is 0 Å². The first-order chi connectivity index (χ1) is 15.4. The minimum atomic E-state index is 0.00200. The second-order valence-corrected chi connectivity index (χ2v) is 9.38. The van der Waals surface area contributed by atoms with Crippen molar-refractivity contribution in [3.05, 3.63) is 71.9 Å². The SMILES string of the molecule is CC1CN(C2=CN3C(=O)C=C(c4ccc5c(cnn5C)c4)C(C)CC=C3C=C2)CC(C)N1. The number of amides is 1. The molecule has 3 aliphatic heterocycles. The Morgan fingerprint density at radius 1 is 1.06 bits per heavy atom. The molecule has 2 aromatic rings. The van der Waals surface area contributed by atoms with Gasteiger partial charge in [0, 0.05) is 55.6 Å². The second kappa shape index (κ2) is 8.10. The number of nitrogens with one attached hydrogen (secondary N) is 1. The number of carbonyl (C=O) groups excluding carboxylic acids is 1. The zero-order chi connectivity index (χ0) is 22.4. The van der Waals surface area contributed by atoms with Crippen LogP contribution in [-0.2, 0) is 11.8 Å². The first kappa shape index (κ1) is 20.8. The third-order valence-electron chi connectivity index (χ3n) is 6.69. The zero-order valence-corrected chi connectivity index (χ0v) is 19.2. The topological polar surface area (TPSA) is 53.4 Å². The van der Waals surface area contributed by atoms with Gasteiger partial charge in [-0.3, -0.25) is 14.4 Å². The van der Waals surface area contributed by atoms with E-state index in [2.05, 4.69) is 72.5 Å². The average molecular weight is 430 g/mol. The molecule has 3 aliphatic rings. The summed E-state index contributed by atoms with van der Waals surface area (Å²) in [4.78, 5) is 17.6. The van der Waals surface area contributed by atoms with Crippen molar-refractivity contribution in [2.75, 3.05) is 13.1 Å². The minimum absolute atomic E-state index is 0.00200. The number of rotatable bonds is 2. The monoisotopic (exact) mass is 429 g/mol. The highest BCUT2D eigenvalue weighted by atomic mass is 16.2. The molecule has 1 aromatic carbocycles. The van der Waals surface area contributed by atoms with Crippen molar-refractivity contribution in [1.29, 1.82) is 0 Å². The van der Waals surface area contributed by atoms with E-state index in [1.807, 2.05) is 30.2 Å². The van der Waals surface area contributed by atoms with Crippen LogP contribution in [0.4, 0.5) is 0 Å². The maximum absolute atomic E-state index is 13.4. The molecular weight excluding hydrogens is 398 g/mol. The normalized spacial score (nSPS) is 26.3. The van der Waals surface area contributed by atoms with Crippen LogP contribution in [0.2, 0.25) is 0 Å². The van der Waals surface area contributed by atoms with E-state index in [0.717, 1.165) is 52.9 Å². The predicted molar refractivity (Wildman–Crippen MR) is 128 cm³/mol. The molecule has 6 nitrogen and oxygen atoms in total.